The molecule has 0 aliphatic carbocycles. The zero-order valence-electron chi connectivity index (χ0n) is 18.1. The fraction of sp³-hybridized carbons (Fsp3) is 0.391. The number of esters is 1. The van der Waals surface area contributed by atoms with Crippen molar-refractivity contribution in [3.8, 4) is 11.5 Å². The second-order valence-electron chi connectivity index (χ2n) is 6.64. The number of carbonyl (C=O) groups excluding carboxylic acids is 2. The van der Waals surface area contributed by atoms with Gasteiger partial charge >= 0.3 is 12.1 Å². The highest BCUT2D eigenvalue weighted by atomic mass is 16.6. The summed E-state index contributed by atoms with van der Waals surface area (Å²) in [6, 6.07) is 10.7. The molecule has 0 aliphatic heterocycles. The summed E-state index contributed by atoms with van der Waals surface area (Å²) in [7, 11) is 0. The summed E-state index contributed by atoms with van der Waals surface area (Å²) in [5.74, 6) is 0.560. The third-order valence-electron chi connectivity index (χ3n) is 4.09. The number of benzene rings is 2. The minimum atomic E-state index is -0.599. The minimum absolute atomic E-state index is 0.0892. The first-order chi connectivity index (χ1) is 15.5. The number of ether oxygens (including phenoxy) is 5. The van der Waals surface area contributed by atoms with Crippen molar-refractivity contribution in [3.05, 3.63) is 48.6 Å². The van der Waals surface area contributed by atoms with Crippen LogP contribution in [0.2, 0.25) is 0 Å². The Morgan fingerprint density at radius 3 is 2.22 bits per heavy atom. The van der Waals surface area contributed by atoms with Crippen molar-refractivity contribution in [3.63, 3.8) is 0 Å². The van der Waals surface area contributed by atoms with Crippen LogP contribution in [0.3, 0.4) is 0 Å². The molecule has 0 unspecified atom stereocenters. The third-order valence-corrected chi connectivity index (χ3v) is 4.09. The number of amides is 1. The molecule has 0 atom stereocenters. The van der Waals surface area contributed by atoms with Gasteiger partial charge in [-0.2, -0.15) is 0 Å². The molecule has 0 radical (unpaired) electrons. The number of rotatable bonds is 14. The van der Waals surface area contributed by atoms with Gasteiger partial charge in [0.15, 0.2) is 0 Å². The Labute approximate surface area is 186 Å². The Hall–Kier alpha value is -3.14. The lowest BCUT2D eigenvalue weighted by molar-refractivity contribution is -0.140. The van der Waals surface area contributed by atoms with E-state index in [1.165, 1.54) is 0 Å². The van der Waals surface area contributed by atoms with E-state index in [4.69, 9.17) is 28.8 Å². The molecule has 9 nitrogen and oxygen atoms in total. The Morgan fingerprint density at radius 2 is 1.53 bits per heavy atom. The van der Waals surface area contributed by atoms with Crippen LogP contribution in [0.1, 0.15) is 6.92 Å². The molecule has 2 rings (SSSR count). The summed E-state index contributed by atoms with van der Waals surface area (Å²) in [5, 5.41) is 13.1. The molecule has 2 aromatic carbocycles. The largest absolute Gasteiger partial charge is 0.491 e. The van der Waals surface area contributed by atoms with Gasteiger partial charge in [-0.1, -0.05) is 30.8 Å². The molecular weight excluding hydrogens is 418 g/mol. The monoisotopic (exact) mass is 447 g/mol. The fourth-order valence-electron chi connectivity index (χ4n) is 2.62. The average Bonchev–Trinajstić information content (AvgIpc) is 2.78. The van der Waals surface area contributed by atoms with Gasteiger partial charge in [-0.15, -0.1) is 0 Å². The van der Waals surface area contributed by atoms with Crippen LogP contribution < -0.4 is 14.8 Å². The van der Waals surface area contributed by atoms with Crippen LogP contribution in [0.4, 0.5) is 4.79 Å². The Morgan fingerprint density at radius 1 is 0.906 bits per heavy atom. The summed E-state index contributed by atoms with van der Waals surface area (Å²) in [6.45, 7) is 6.81. The molecule has 32 heavy (non-hydrogen) atoms. The molecule has 0 spiro atoms. The standard InChI is InChI=1S/C23H29NO8/c1-17(2)22(26)31-16-15-29-14-13-28-11-9-24-23(27)32-21-8-4-5-18-19(21)6-3-7-20(18)30-12-10-25/h3-8,25H,1,9-16H2,2H3,(H,24,27). The molecule has 174 valence electrons. The average molecular weight is 447 g/mol. The molecule has 1 amide bonds. The van der Waals surface area contributed by atoms with Crippen molar-refractivity contribution >= 4 is 22.8 Å². The SMILES string of the molecule is C=C(C)C(=O)OCCOCCOCCNC(=O)Oc1cccc2c(OCCO)cccc12. The van der Waals surface area contributed by atoms with Crippen LogP contribution in [0.15, 0.2) is 48.6 Å². The quantitative estimate of drug-likeness (QED) is 0.258. The van der Waals surface area contributed by atoms with Crippen LogP contribution in [0.25, 0.3) is 10.8 Å². The second-order valence-corrected chi connectivity index (χ2v) is 6.64. The van der Waals surface area contributed by atoms with Crippen molar-refractivity contribution in [2.75, 3.05) is 52.8 Å². The molecule has 0 bridgehead atoms. The van der Waals surface area contributed by atoms with Crippen LogP contribution in [-0.2, 0) is 19.0 Å². The third kappa shape index (κ3) is 8.54. The van der Waals surface area contributed by atoms with Crippen molar-refractivity contribution in [1.82, 2.24) is 5.32 Å². The number of aliphatic hydroxyl groups excluding tert-OH is 1. The normalized spacial score (nSPS) is 10.6. The lowest BCUT2D eigenvalue weighted by atomic mass is 10.1. The number of nitrogens with one attached hydrogen (secondary N) is 1. The predicted molar refractivity (Wildman–Crippen MR) is 118 cm³/mol. The van der Waals surface area contributed by atoms with Gasteiger partial charge in [0, 0.05) is 22.9 Å². The predicted octanol–water partition coefficient (Wildman–Crippen LogP) is 2.45. The highest BCUT2D eigenvalue weighted by Gasteiger charge is 2.10. The van der Waals surface area contributed by atoms with Gasteiger partial charge in [-0.3, -0.25) is 0 Å². The highest BCUT2D eigenvalue weighted by Crippen LogP contribution is 2.32. The summed E-state index contributed by atoms with van der Waals surface area (Å²) < 4.78 is 26.5. The van der Waals surface area contributed by atoms with Gasteiger partial charge in [0.25, 0.3) is 0 Å². The van der Waals surface area contributed by atoms with Crippen LogP contribution in [0.5, 0.6) is 11.5 Å². The van der Waals surface area contributed by atoms with E-state index in [9.17, 15) is 9.59 Å². The lowest BCUT2D eigenvalue weighted by Gasteiger charge is -2.12. The van der Waals surface area contributed by atoms with Crippen molar-refractivity contribution in [1.29, 1.82) is 0 Å². The van der Waals surface area contributed by atoms with Gasteiger partial charge < -0.3 is 34.1 Å². The first kappa shape index (κ1) is 25.1. The van der Waals surface area contributed by atoms with Crippen molar-refractivity contribution < 1.29 is 38.4 Å². The van der Waals surface area contributed by atoms with E-state index in [1.807, 2.05) is 12.1 Å². The van der Waals surface area contributed by atoms with E-state index < -0.39 is 12.1 Å². The second kappa shape index (κ2) is 14.0. The number of hydrogen-bond donors (Lipinski definition) is 2. The Kier molecular flexibility index (Phi) is 11.0. The molecular formula is C23H29NO8. The summed E-state index contributed by atoms with van der Waals surface area (Å²) in [4.78, 5) is 23.3. The van der Waals surface area contributed by atoms with Crippen LogP contribution in [-0.4, -0.2) is 70.0 Å². The van der Waals surface area contributed by atoms with Crippen LogP contribution in [0, 0.1) is 0 Å². The molecule has 0 aliphatic rings. The van der Waals surface area contributed by atoms with Gasteiger partial charge in [0.05, 0.1) is 33.0 Å². The first-order valence-corrected chi connectivity index (χ1v) is 10.2. The van der Waals surface area contributed by atoms with E-state index >= 15 is 0 Å². The number of aliphatic hydroxyl groups is 1. The van der Waals surface area contributed by atoms with E-state index in [0.717, 1.165) is 10.8 Å². The smallest absolute Gasteiger partial charge is 0.412 e. The molecule has 0 saturated carbocycles. The Balaban J connectivity index is 1.64. The van der Waals surface area contributed by atoms with Gasteiger partial charge in [0.2, 0.25) is 0 Å². The van der Waals surface area contributed by atoms with Crippen LogP contribution >= 0.6 is 0 Å². The molecule has 0 heterocycles. The van der Waals surface area contributed by atoms with Gasteiger partial charge in [-0.25, -0.2) is 9.59 Å². The molecule has 0 aromatic heterocycles. The fourth-order valence-corrected chi connectivity index (χ4v) is 2.62. The maximum Gasteiger partial charge on any atom is 0.412 e. The van der Waals surface area contributed by atoms with Gasteiger partial charge in [0.1, 0.15) is 24.7 Å². The maximum atomic E-state index is 12.1. The summed E-state index contributed by atoms with van der Waals surface area (Å²) in [6.07, 6.45) is -0.599. The van der Waals surface area contributed by atoms with E-state index in [0.29, 0.717) is 30.3 Å². The Bertz CT molecular complexity index is 899. The van der Waals surface area contributed by atoms with E-state index in [-0.39, 0.29) is 39.6 Å². The minimum Gasteiger partial charge on any atom is -0.491 e. The van der Waals surface area contributed by atoms with Crippen molar-refractivity contribution in [2.24, 2.45) is 0 Å². The number of carbonyl (C=O) groups is 2. The zero-order chi connectivity index (χ0) is 23.2. The molecule has 0 saturated heterocycles. The number of hydrogen-bond acceptors (Lipinski definition) is 8. The van der Waals surface area contributed by atoms with Crippen molar-refractivity contribution in [2.45, 2.75) is 6.92 Å². The molecule has 2 aromatic rings. The molecule has 9 heteroatoms. The van der Waals surface area contributed by atoms with E-state index in [2.05, 4.69) is 11.9 Å². The zero-order valence-corrected chi connectivity index (χ0v) is 18.1. The highest BCUT2D eigenvalue weighted by molar-refractivity contribution is 5.94. The molecule has 2 N–H and O–H groups in total. The van der Waals surface area contributed by atoms with E-state index in [1.54, 1.807) is 31.2 Å². The topological polar surface area (TPSA) is 113 Å². The number of fused-ring (bicyclic) bond motifs is 1. The van der Waals surface area contributed by atoms with Gasteiger partial charge in [-0.05, 0) is 19.1 Å². The molecule has 0 fully saturated rings. The first-order valence-electron chi connectivity index (χ1n) is 10.2. The lowest BCUT2D eigenvalue weighted by Crippen LogP contribution is -2.30. The summed E-state index contributed by atoms with van der Waals surface area (Å²) in [5.41, 5.74) is 0.344. The summed E-state index contributed by atoms with van der Waals surface area (Å²) >= 11 is 0. The maximum absolute atomic E-state index is 12.1.